The lowest BCUT2D eigenvalue weighted by atomic mass is 9.92. The number of urea groups is 2. The molecule has 4 aromatic rings. The van der Waals surface area contributed by atoms with E-state index in [0.717, 1.165) is 99.5 Å². The fourth-order valence-corrected chi connectivity index (χ4v) is 11.2. The molecule has 8 rings (SSSR count). The third kappa shape index (κ3) is 13.8. The number of piperazine rings is 2. The van der Waals surface area contributed by atoms with Crippen molar-refractivity contribution in [1.82, 2.24) is 29.4 Å². The maximum Gasteiger partial charge on any atom is 0.416 e. The van der Waals surface area contributed by atoms with Gasteiger partial charge < -0.3 is 29.1 Å². The summed E-state index contributed by atoms with van der Waals surface area (Å²) in [5.41, 5.74) is 0.345. The normalized spacial score (nSPS) is 19.2. The van der Waals surface area contributed by atoms with Crippen LogP contribution in [-0.2, 0) is 31.4 Å². The zero-order valence-corrected chi connectivity index (χ0v) is 46.3. The van der Waals surface area contributed by atoms with E-state index in [2.05, 4.69) is 31.7 Å². The van der Waals surface area contributed by atoms with E-state index in [1.54, 1.807) is 62.4 Å². The van der Waals surface area contributed by atoms with Crippen LogP contribution in [0, 0.1) is 22.7 Å². The summed E-state index contributed by atoms with van der Waals surface area (Å²) in [7, 11) is 0. The number of hydrogen-bond acceptors (Lipinski definition) is 12. The number of anilines is 2. The third-order valence-electron chi connectivity index (χ3n) is 15.5. The predicted octanol–water partition coefficient (Wildman–Crippen LogP) is 9.82. The van der Waals surface area contributed by atoms with E-state index in [9.17, 15) is 56.0 Å². The smallest absolute Gasteiger partial charge is 0.416 e. The highest BCUT2D eigenvalue weighted by Gasteiger charge is 2.45. The number of rotatable bonds is 19. The van der Waals surface area contributed by atoms with Crippen molar-refractivity contribution in [3.63, 3.8) is 0 Å². The van der Waals surface area contributed by atoms with Crippen molar-refractivity contribution in [3.05, 3.63) is 153 Å². The van der Waals surface area contributed by atoms with E-state index in [4.69, 9.17) is 9.47 Å². The number of carbonyl (C=O) groups excluding carboxylic acids is 4. The summed E-state index contributed by atoms with van der Waals surface area (Å²) in [4.78, 5) is 71.6. The second-order valence-electron chi connectivity index (χ2n) is 20.5. The molecule has 0 unspecified atom stereocenters. The second-order valence-corrected chi connectivity index (χ2v) is 20.5. The number of esters is 2. The molecule has 82 heavy (non-hydrogen) atoms. The molecule has 4 aliphatic heterocycles. The molecule has 22 heteroatoms. The minimum absolute atomic E-state index is 0.0224. The predicted molar refractivity (Wildman–Crippen MR) is 294 cm³/mol. The maximum atomic E-state index is 14.6. The van der Waals surface area contributed by atoms with Crippen molar-refractivity contribution >= 4 is 35.4 Å². The first-order valence-electron chi connectivity index (χ1n) is 27.5. The topological polar surface area (TPSA) is 160 Å². The fraction of sp³-hybridized carbons (Fsp3) is 0.433. The largest absolute Gasteiger partial charge is 0.463 e. The van der Waals surface area contributed by atoms with E-state index in [1.807, 2.05) is 0 Å². The average molecular weight is 1140 g/mol. The summed E-state index contributed by atoms with van der Waals surface area (Å²) < 4.78 is 94.7. The van der Waals surface area contributed by atoms with Gasteiger partial charge in [-0.1, -0.05) is 36.4 Å². The van der Waals surface area contributed by atoms with Gasteiger partial charge in [0, 0.05) is 89.9 Å². The van der Waals surface area contributed by atoms with Gasteiger partial charge in [0.1, 0.15) is 0 Å². The van der Waals surface area contributed by atoms with Crippen LogP contribution in [0.5, 0.6) is 0 Å². The number of carbonyl (C=O) groups is 4. The Hall–Kier alpha value is -7.76. The Morgan fingerprint density at radius 3 is 1.15 bits per heavy atom. The van der Waals surface area contributed by atoms with Crippen molar-refractivity contribution in [2.75, 3.05) is 115 Å². The number of nitriles is 2. The lowest BCUT2D eigenvalue weighted by Gasteiger charge is -2.43. The molecule has 0 N–H and O–H groups in total. The number of halogens is 6. The molecule has 4 aliphatic rings. The lowest BCUT2D eigenvalue weighted by molar-refractivity contribution is -0.140. The molecule has 2 atom stereocenters. The highest BCUT2D eigenvalue weighted by molar-refractivity contribution is 6.04. The van der Waals surface area contributed by atoms with Crippen LogP contribution in [0.1, 0.15) is 86.0 Å². The quantitative estimate of drug-likeness (QED) is 0.0647. The van der Waals surface area contributed by atoms with E-state index >= 15 is 0 Å². The Balaban J connectivity index is 0.859. The van der Waals surface area contributed by atoms with Gasteiger partial charge in [-0.2, -0.15) is 36.9 Å². The standard InChI is InChI=1S/C60H66F6N10O6/c1-5-81-55(77)51-41(3)75(49-13-7-11-47(37-49)59(61,62)63)57(79)73(53(51)45-19-15-43(39-67)16-20-45)25-9-23-69-27-31-71(32-28-69)35-36-72-33-29-70(30-34-72)24-10-26-74-54(46-21-17-44(40-68)18-22-46)52(56(78)82-6-2)42(4)76(58(74)80)50-14-8-12-48(38-50)60(64,65)66/h7-8,11-22,37-38,53-54H,5-6,9-10,23-36H2,1-4H3/t53-,54-/m1/s1. The number of allylic oxidation sites excluding steroid dienone is 2. The second kappa shape index (κ2) is 26.4. The summed E-state index contributed by atoms with van der Waals surface area (Å²) in [5.74, 6) is -1.42. The van der Waals surface area contributed by atoms with Gasteiger partial charge in [0.05, 0.1) is 82.2 Å². The lowest BCUT2D eigenvalue weighted by Crippen LogP contribution is -2.53. The van der Waals surface area contributed by atoms with Crippen molar-refractivity contribution in [3.8, 4) is 12.1 Å². The molecule has 0 aromatic heterocycles. The molecule has 2 fully saturated rings. The minimum atomic E-state index is -4.68. The molecule has 4 aromatic carbocycles. The summed E-state index contributed by atoms with van der Waals surface area (Å²) in [5, 5.41) is 19.0. The fourth-order valence-electron chi connectivity index (χ4n) is 11.2. The first-order valence-corrected chi connectivity index (χ1v) is 27.5. The van der Waals surface area contributed by atoms with Crippen LogP contribution >= 0.6 is 0 Å². The molecule has 0 aliphatic carbocycles. The minimum Gasteiger partial charge on any atom is -0.463 e. The summed E-state index contributed by atoms with van der Waals surface area (Å²) in [6.45, 7) is 15.9. The van der Waals surface area contributed by atoms with Gasteiger partial charge >= 0.3 is 36.4 Å². The molecule has 4 amide bonds. The molecule has 0 spiro atoms. The zero-order valence-electron chi connectivity index (χ0n) is 46.3. The number of nitrogens with zero attached hydrogens (tertiary/aromatic N) is 10. The molecule has 16 nitrogen and oxygen atoms in total. The SMILES string of the molecule is CCOC(=O)C1=C(C)N(c2cccc(C(F)(F)F)c2)C(=O)N(CCCN2CCN(CCN3CCN(CCCN4C(=O)N(c5cccc(C(F)(F)F)c5)C(C)=C(C(=O)OCC)[C@H]4c4ccc(C#N)cc4)CC3)CC2)[C@@H]1c1ccc(C#N)cc1. The zero-order chi connectivity index (χ0) is 58.9. The van der Waals surface area contributed by atoms with Gasteiger partial charge in [-0.3, -0.25) is 19.6 Å². The van der Waals surface area contributed by atoms with Crippen molar-refractivity contribution < 1.29 is 55.0 Å². The van der Waals surface area contributed by atoms with Crippen LogP contribution in [0.15, 0.2) is 120 Å². The summed E-state index contributed by atoms with van der Waals surface area (Å²) in [6.07, 6.45) is -8.38. The number of benzene rings is 4. The van der Waals surface area contributed by atoms with Gasteiger partial charge in [0.25, 0.3) is 0 Å². The van der Waals surface area contributed by atoms with Crippen LogP contribution in [0.4, 0.5) is 47.3 Å². The highest BCUT2D eigenvalue weighted by atomic mass is 19.4. The molecule has 0 saturated carbocycles. The third-order valence-corrected chi connectivity index (χ3v) is 15.5. The Morgan fingerprint density at radius 1 is 0.512 bits per heavy atom. The van der Waals surface area contributed by atoms with Gasteiger partial charge in [0.15, 0.2) is 0 Å². The number of alkyl halides is 6. The Morgan fingerprint density at radius 2 is 0.841 bits per heavy atom. The van der Waals surface area contributed by atoms with E-state index < -0.39 is 59.6 Å². The van der Waals surface area contributed by atoms with Gasteiger partial charge in [-0.15, -0.1) is 0 Å². The first kappa shape index (κ1) is 60.3. The Labute approximate surface area is 473 Å². The molecular weight excluding hydrogens is 1070 g/mol. The number of ether oxygens (including phenoxy) is 2. The average Bonchev–Trinajstić information content (AvgIpc) is 3.66. The molecule has 0 bridgehead atoms. The Kier molecular flexibility index (Phi) is 19.5. The Bertz CT molecular complexity index is 2900. The van der Waals surface area contributed by atoms with Crippen LogP contribution in [0.25, 0.3) is 0 Å². The van der Waals surface area contributed by atoms with E-state index in [1.165, 1.54) is 47.9 Å². The van der Waals surface area contributed by atoms with Crippen LogP contribution in [0.3, 0.4) is 0 Å². The monoisotopic (exact) mass is 1140 g/mol. The first-order chi connectivity index (χ1) is 39.3. The summed E-state index contributed by atoms with van der Waals surface area (Å²) in [6, 6.07) is 23.0. The molecule has 4 heterocycles. The molecular formula is C60H66F6N10O6. The van der Waals surface area contributed by atoms with Crippen molar-refractivity contribution in [1.29, 1.82) is 10.5 Å². The number of hydrogen-bond donors (Lipinski definition) is 0. The highest BCUT2D eigenvalue weighted by Crippen LogP contribution is 2.44. The molecule has 0 radical (unpaired) electrons. The molecule has 2 saturated heterocycles. The van der Waals surface area contributed by atoms with Gasteiger partial charge in [-0.05, 0) is 125 Å². The van der Waals surface area contributed by atoms with Crippen LogP contribution in [0.2, 0.25) is 0 Å². The van der Waals surface area contributed by atoms with E-state index in [-0.39, 0.29) is 60.2 Å². The van der Waals surface area contributed by atoms with Gasteiger partial charge in [-0.25, -0.2) is 19.2 Å². The van der Waals surface area contributed by atoms with Crippen molar-refractivity contribution in [2.24, 2.45) is 0 Å². The van der Waals surface area contributed by atoms with Crippen LogP contribution in [-0.4, -0.2) is 158 Å². The van der Waals surface area contributed by atoms with Crippen molar-refractivity contribution in [2.45, 2.75) is 65.0 Å². The van der Waals surface area contributed by atoms with Gasteiger partial charge in [0.2, 0.25) is 0 Å². The summed E-state index contributed by atoms with van der Waals surface area (Å²) >= 11 is 0. The maximum absolute atomic E-state index is 14.6. The van der Waals surface area contributed by atoms with E-state index in [0.29, 0.717) is 48.2 Å². The molecule has 434 valence electrons. The number of amides is 4. The van der Waals surface area contributed by atoms with Crippen LogP contribution < -0.4 is 9.80 Å².